The second-order valence-corrected chi connectivity index (χ2v) is 6.14. The zero-order chi connectivity index (χ0) is 16.7. The maximum atomic E-state index is 12.8. The number of halogens is 1. The number of nitrogens with one attached hydrogen (secondary N) is 1. The third-order valence-corrected chi connectivity index (χ3v) is 4.40. The van der Waals surface area contributed by atoms with E-state index in [4.69, 9.17) is 4.74 Å². The highest BCUT2D eigenvalue weighted by Crippen LogP contribution is 2.24. The Labute approximate surface area is 140 Å². The van der Waals surface area contributed by atoms with Gasteiger partial charge in [0.15, 0.2) is 0 Å². The van der Waals surface area contributed by atoms with Crippen LogP contribution < -0.4 is 10.1 Å². The molecule has 0 aliphatic heterocycles. The number of rotatable bonds is 7. The number of para-hydroxylation sites is 1. The van der Waals surface area contributed by atoms with E-state index in [1.165, 1.54) is 23.9 Å². The van der Waals surface area contributed by atoms with E-state index in [0.717, 1.165) is 16.9 Å². The summed E-state index contributed by atoms with van der Waals surface area (Å²) in [5.74, 6) is 1.52. The molecule has 0 saturated carbocycles. The first-order valence-electron chi connectivity index (χ1n) is 7.34. The molecule has 0 bridgehead atoms. The average Bonchev–Trinajstić information content (AvgIpc) is 2.56. The van der Waals surface area contributed by atoms with Gasteiger partial charge >= 0.3 is 0 Å². The molecule has 2 rings (SSSR count). The summed E-state index contributed by atoms with van der Waals surface area (Å²) >= 11 is 1.50. The number of carbonyl (C=O) groups is 1. The van der Waals surface area contributed by atoms with E-state index in [2.05, 4.69) is 5.32 Å². The first-order valence-corrected chi connectivity index (χ1v) is 8.50. The Morgan fingerprint density at radius 1 is 1.22 bits per heavy atom. The van der Waals surface area contributed by atoms with Gasteiger partial charge in [-0.25, -0.2) is 4.39 Å². The molecule has 23 heavy (non-hydrogen) atoms. The van der Waals surface area contributed by atoms with Gasteiger partial charge in [0.05, 0.1) is 18.9 Å². The third-order valence-electron chi connectivity index (χ3n) is 3.40. The number of carbonyl (C=O) groups excluding carboxylic acids is 1. The van der Waals surface area contributed by atoms with Crippen LogP contribution in [0.2, 0.25) is 0 Å². The third kappa shape index (κ3) is 5.28. The summed E-state index contributed by atoms with van der Waals surface area (Å²) in [5, 5.41) is 2.97. The van der Waals surface area contributed by atoms with E-state index in [1.54, 1.807) is 19.2 Å². The molecule has 1 N–H and O–H groups in total. The number of benzene rings is 2. The monoisotopic (exact) mass is 333 g/mol. The summed E-state index contributed by atoms with van der Waals surface area (Å²) in [5.41, 5.74) is 1.95. The fourth-order valence-corrected chi connectivity index (χ4v) is 3.03. The lowest BCUT2D eigenvalue weighted by Crippen LogP contribution is -2.28. The van der Waals surface area contributed by atoms with Crippen molar-refractivity contribution in [3.63, 3.8) is 0 Å². The number of methoxy groups -OCH3 is 1. The fourth-order valence-electron chi connectivity index (χ4n) is 2.23. The highest BCUT2D eigenvalue weighted by molar-refractivity contribution is 7.99. The molecule has 1 unspecified atom stereocenters. The molecule has 122 valence electrons. The predicted octanol–water partition coefficient (Wildman–Crippen LogP) is 3.94. The Hall–Kier alpha value is -2.01. The molecule has 2 aromatic rings. The quantitative estimate of drug-likeness (QED) is 0.834. The summed E-state index contributed by atoms with van der Waals surface area (Å²) in [6.45, 7) is 1.93. The van der Waals surface area contributed by atoms with Crippen LogP contribution in [-0.4, -0.2) is 18.8 Å². The van der Waals surface area contributed by atoms with Gasteiger partial charge in [-0.05, 0) is 30.7 Å². The number of thioether (sulfide) groups is 1. The van der Waals surface area contributed by atoms with E-state index < -0.39 is 0 Å². The molecule has 0 saturated heterocycles. The Morgan fingerprint density at radius 3 is 2.61 bits per heavy atom. The zero-order valence-corrected chi connectivity index (χ0v) is 14.0. The van der Waals surface area contributed by atoms with Crippen molar-refractivity contribution in [3.05, 3.63) is 65.5 Å². The summed E-state index contributed by atoms with van der Waals surface area (Å²) in [6.07, 6.45) is 0. The summed E-state index contributed by atoms with van der Waals surface area (Å²) in [7, 11) is 1.62. The number of hydrogen-bond acceptors (Lipinski definition) is 3. The van der Waals surface area contributed by atoms with Crippen molar-refractivity contribution in [2.45, 2.75) is 18.7 Å². The molecular formula is C18H20FNO2S. The normalized spacial score (nSPS) is 11.8. The Morgan fingerprint density at radius 2 is 1.91 bits per heavy atom. The van der Waals surface area contributed by atoms with E-state index in [9.17, 15) is 9.18 Å². The predicted molar refractivity (Wildman–Crippen MR) is 92.1 cm³/mol. The molecule has 0 heterocycles. The number of hydrogen-bond donors (Lipinski definition) is 1. The minimum absolute atomic E-state index is 0.0319. The standard InChI is InChI=1S/C18H20FNO2S/c1-13(16-5-3-4-6-17(16)22-2)20-18(21)12-23-11-14-7-9-15(19)10-8-14/h3-10,13H,11-12H2,1-2H3,(H,20,21). The Balaban J connectivity index is 1.81. The lowest BCUT2D eigenvalue weighted by molar-refractivity contribution is -0.119. The molecule has 1 amide bonds. The average molecular weight is 333 g/mol. The maximum absolute atomic E-state index is 12.8. The van der Waals surface area contributed by atoms with E-state index in [-0.39, 0.29) is 17.8 Å². The minimum Gasteiger partial charge on any atom is -0.496 e. The fraction of sp³-hybridized carbons (Fsp3) is 0.278. The number of amides is 1. The van der Waals surface area contributed by atoms with Crippen molar-refractivity contribution in [1.82, 2.24) is 5.32 Å². The molecule has 0 fully saturated rings. The van der Waals surface area contributed by atoms with Gasteiger partial charge in [0.1, 0.15) is 11.6 Å². The van der Waals surface area contributed by atoms with Gasteiger partial charge in [-0.3, -0.25) is 4.79 Å². The molecule has 0 aliphatic rings. The lowest BCUT2D eigenvalue weighted by Gasteiger charge is -2.17. The van der Waals surface area contributed by atoms with Gasteiger partial charge in [0.2, 0.25) is 5.91 Å². The van der Waals surface area contributed by atoms with Gasteiger partial charge in [-0.2, -0.15) is 0 Å². The van der Waals surface area contributed by atoms with Crippen LogP contribution in [0.5, 0.6) is 5.75 Å². The molecule has 2 aromatic carbocycles. The van der Waals surface area contributed by atoms with E-state index in [0.29, 0.717) is 11.5 Å². The molecule has 0 aliphatic carbocycles. The van der Waals surface area contributed by atoms with Crippen LogP contribution in [-0.2, 0) is 10.5 Å². The van der Waals surface area contributed by atoms with Gasteiger partial charge in [-0.15, -0.1) is 11.8 Å². The zero-order valence-electron chi connectivity index (χ0n) is 13.2. The lowest BCUT2D eigenvalue weighted by atomic mass is 10.1. The Bertz CT molecular complexity index is 646. The van der Waals surface area contributed by atoms with Gasteiger partial charge in [0.25, 0.3) is 0 Å². The van der Waals surface area contributed by atoms with Gasteiger partial charge < -0.3 is 10.1 Å². The smallest absolute Gasteiger partial charge is 0.230 e. The van der Waals surface area contributed by atoms with E-state index in [1.807, 2.05) is 31.2 Å². The molecule has 5 heteroatoms. The Kier molecular flexibility index (Phi) is 6.47. The van der Waals surface area contributed by atoms with Crippen molar-refractivity contribution >= 4 is 17.7 Å². The van der Waals surface area contributed by atoms with Crippen LogP contribution in [0.3, 0.4) is 0 Å². The first kappa shape index (κ1) is 17.3. The summed E-state index contributed by atoms with van der Waals surface area (Å²) in [6, 6.07) is 13.8. The molecular weight excluding hydrogens is 313 g/mol. The second kappa shape index (κ2) is 8.58. The van der Waals surface area contributed by atoms with Crippen molar-refractivity contribution in [2.24, 2.45) is 0 Å². The van der Waals surface area contributed by atoms with Crippen LogP contribution in [0.4, 0.5) is 4.39 Å². The summed E-state index contributed by atoms with van der Waals surface area (Å²) in [4.78, 5) is 12.0. The SMILES string of the molecule is COc1ccccc1C(C)NC(=O)CSCc1ccc(F)cc1. The van der Waals surface area contributed by atoms with Crippen LogP contribution in [0.15, 0.2) is 48.5 Å². The van der Waals surface area contributed by atoms with Crippen LogP contribution in [0.25, 0.3) is 0 Å². The van der Waals surface area contributed by atoms with Gasteiger partial charge in [-0.1, -0.05) is 30.3 Å². The van der Waals surface area contributed by atoms with Crippen LogP contribution >= 0.6 is 11.8 Å². The second-order valence-electron chi connectivity index (χ2n) is 5.15. The number of ether oxygens (including phenoxy) is 1. The largest absolute Gasteiger partial charge is 0.496 e. The molecule has 1 atom stereocenters. The van der Waals surface area contributed by atoms with Crippen LogP contribution in [0, 0.1) is 5.82 Å². The van der Waals surface area contributed by atoms with Crippen LogP contribution in [0.1, 0.15) is 24.1 Å². The maximum Gasteiger partial charge on any atom is 0.230 e. The highest BCUT2D eigenvalue weighted by atomic mass is 32.2. The van der Waals surface area contributed by atoms with Crippen molar-refractivity contribution in [3.8, 4) is 5.75 Å². The first-order chi connectivity index (χ1) is 11.1. The highest BCUT2D eigenvalue weighted by Gasteiger charge is 2.13. The van der Waals surface area contributed by atoms with Crippen molar-refractivity contribution < 1.29 is 13.9 Å². The van der Waals surface area contributed by atoms with Gasteiger partial charge in [0, 0.05) is 11.3 Å². The topological polar surface area (TPSA) is 38.3 Å². The summed E-state index contributed by atoms with van der Waals surface area (Å²) < 4.78 is 18.1. The molecule has 0 aromatic heterocycles. The van der Waals surface area contributed by atoms with Crippen molar-refractivity contribution in [2.75, 3.05) is 12.9 Å². The van der Waals surface area contributed by atoms with E-state index >= 15 is 0 Å². The molecule has 3 nitrogen and oxygen atoms in total. The minimum atomic E-state index is -0.248. The molecule has 0 spiro atoms. The molecule has 0 radical (unpaired) electrons. The van der Waals surface area contributed by atoms with Crippen molar-refractivity contribution in [1.29, 1.82) is 0 Å².